The molecule has 116 valence electrons. The van der Waals surface area contributed by atoms with Crippen molar-refractivity contribution in [2.75, 3.05) is 20.4 Å². The molecule has 0 radical (unpaired) electrons. The van der Waals surface area contributed by atoms with E-state index in [-0.39, 0.29) is 12.8 Å². The second kappa shape index (κ2) is 6.12. The summed E-state index contributed by atoms with van der Waals surface area (Å²) in [5, 5.41) is 0. The molecule has 2 unspecified atom stereocenters. The summed E-state index contributed by atoms with van der Waals surface area (Å²) < 4.78 is 16.4. The lowest BCUT2D eigenvalue weighted by Crippen LogP contribution is -2.48. The Labute approximate surface area is 126 Å². The van der Waals surface area contributed by atoms with E-state index in [1.54, 1.807) is 7.11 Å². The summed E-state index contributed by atoms with van der Waals surface area (Å²) >= 11 is 0. The van der Waals surface area contributed by atoms with Crippen molar-refractivity contribution in [1.82, 2.24) is 4.90 Å². The summed E-state index contributed by atoms with van der Waals surface area (Å²) in [6.07, 6.45) is 3.69. The molecule has 21 heavy (non-hydrogen) atoms. The summed E-state index contributed by atoms with van der Waals surface area (Å²) in [7, 11) is 1.66. The van der Waals surface area contributed by atoms with Gasteiger partial charge in [-0.05, 0) is 44.0 Å². The van der Waals surface area contributed by atoms with Gasteiger partial charge in [0.15, 0.2) is 11.5 Å². The molecule has 5 heteroatoms. The highest BCUT2D eigenvalue weighted by molar-refractivity contribution is 5.55. The number of ether oxygens (including phenoxy) is 3. The topological polar surface area (TPSA) is 57.0 Å². The third-order valence-corrected chi connectivity index (χ3v) is 4.37. The van der Waals surface area contributed by atoms with E-state index in [1.807, 2.05) is 6.07 Å². The van der Waals surface area contributed by atoms with Crippen molar-refractivity contribution in [3.05, 3.63) is 17.7 Å². The van der Waals surface area contributed by atoms with Crippen LogP contribution >= 0.6 is 0 Å². The van der Waals surface area contributed by atoms with Gasteiger partial charge in [0, 0.05) is 18.6 Å². The molecule has 0 aliphatic carbocycles. The molecule has 0 aromatic heterocycles. The number of hydrogen-bond acceptors (Lipinski definition) is 5. The van der Waals surface area contributed by atoms with Crippen molar-refractivity contribution >= 4 is 0 Å². The summed E-state index contributed by atoms with van der Waals surface area (Å²) in [6, 6.07) is 4.74. The predicted molar refractivity (Wildman–Crippen MR) is 80.8 cm³/mol. The van der Waals surface area contributed by atoms with Crippen LogP contribution in [0.25, 0.3) is 0 Å². The number of piperidine rings is 1. The summed E-state index contributed by atoms with van der Waals surface area (Å²) in [5.41, 5.74) is 7.33. The first kappa shape index (κ1) is 14.5. The zero-order chi connectivity index (χ0) is 14.8. The van der Waals surface area contributed by atoms with Crippen molar-refractivity contribution in [3.63, 3.8) is 0 Å². The Morgan fingerprint density at radius 2 is 2.24 bits per heavy atom. The molecule has 2 heterocycles. The zero-order valence-electron chi connectivity index (χ0n) is 12.8. The number of benzene rings is 1. The maximum Gasteiger partial charge on any atom is 0.231 e. The monoisotopic (exact) mass is 292 g/mol. The lowest BCUT2D eigenvalue weighted by atomic mass is 9.96. The molecule has 2 aliphatic heterocycles. The average molecular weight is 292 g/mol. The Balaban J connectivity index is 1.81. The highest BCUT2D eigenvalue weighted by Gasteiger charge is 2.27. The van der Waals surface area contributed by atoms with Crippen molar-refractivity contribution in [2.45, 2.75) is 44.8 Å². The van der Waals surface area contributed by atoms with Crippen LogP contribution in [0.2, 0.25) is 0 Å². The maximum absolute atomic E-state index is 6.15. The molecule has 1 saturated heterocycles. The van der Waals surface area contributed by atoms with E-state index >= 15 is 0 Å². The van der Waals surface area contributed by atoms with Crippen LogP contribution in [0.4, 0.5) is 0 Å². The molecular weight excluding hydrogens is 268 g/mol. The quantitative estimate of drug-likeness (QED) is 0.921. The number of fused-ring (bicyclic) bond motifs is 1. The second-order valence-electron chi connectivity index (χ2n) is 5.92. The number of rotatable bonds is 4. The van der Waals surface area contributed by atoms with Crippen LogP contribution in [-0.4, -0.2) is 37.4 Å². The molecule has 0 spiro atoms. The van der Waals surface area contributed by atoms with Gasteiger partial charge in [0.25, 0.3) is 0 Å². The fourth-order valence-electron chi connectivity index (χ4n) is 3.32. The van der Waals surface area contributed by atoms with Gasteiger partial charge in [-0.25, -0.2) is 0 Å². The number of hydrogen-bond donors (Lipinski definition) is 1. The Kier molecular flexibility index (Phi) is 4.22. The van der Waals surface area contributed by atoms with E-state index in [0.717, 1.165) is 24.6 Å². The average Bonchev–Trinajstić information content (AvgIpc) is 2.95. The highest BCUT2D eigenvalue weighted by Crippen LogP contribution is 2.42. The molecular formula is C16H24N2O3. The van der Waals surface area contributed by atoms with Crippen molar-refractivity contribution < 1.29 is 14.2 Å². The minimum absolute atomic E-state index is 0.196. The minimum Gasteiger partial charge on any atom is -0.493 e. The van der Waals surface area contributed by atoms with E-state index in [4.69, 9.17) is 19.9 Å². The number of nitrogens with two attached hydrogens (primary N) is 1. The van der Waals surface area contributed by atoms with Crippen LogP contribution < -0.4 is 19.9 Å². The third-order valence-electron chi connectivity index (χ3n) is 4.37. The molecule has 3 rings (SSSR count). The van der Waals surface area contributed by atoms with Gasteiger partial charge in [0.05, 0.1) is 7.11 Å². The summed E-state index contributed by atoms with van der Waals surface area (Å²) in [4.78, 5) is 2.48. The summed E-state index contributed by atoms with van der Waals surface area (Å²) in [6.45, 7) is 4.34. The Hall–Kier alpha value is -1.46. The lowest BCUT2D eigenvalue weighted by molar-refractivity contribution is 0.123. The van der Waals surface area contributed by atoms with Crippen molar-refractivity contribution in [2.24, 2.45) is 5.73 Å². The molecule has 1 aromatic rings. The minimum atomic E-state index is 0.196. The van der Waals surface area contributed by atoms with Crippen molar-refractivity contribution in [3.8, 4) is 17.2 Å². The van der Waals surface area contributed by atoms with E-state index in [1.165, 1.54) is 24.8 Å². The fraction of sp³-hybridized carbons (Fsp3) is 0.625. The standard InChI is InChI=1S/C16H24N2O3/c1-11(17)13-5-3-4-6-18(13)9-12-7-14(19-2)16-15(8-12)20-10-21-16/h7-8,11,13H,3-6,9-10,17H2,1-2H3. The smallest absolute Gasteiger partial charge is 0.231 e. The predicted octanol–water partition coefficient (Wildman–Crippen LogP) is 2.13. The zero-order valence-corrected chi connectivity index (χ0v) is 12.8. The molecule has 1 aromatic carbocycles. The number of nitrogens with zero attached hydrogens (tertiary/aromatic N) is 1. The van der Waals surface area contributed by atoms with Gasteiger partial charge in [-0.3, -0.25) is 4.90 Å². The van der Waals surface area contributed by atoms with Crippen LogP contribution in [-0.2, 0) is 6.54 Å². The first-order valence-corrected chi connectivity index (χ1v) is 7.65. The fourth-order valence-corrected chi connectivity index (χ4v) is 3.32. The molecule has 2 N–H and O–H groups in total. The van der Waals surface area contributed by atoms with E-state index in [2.05, 4.69) is 17.9 Å². The van der Waals surface area contributed by atoms with E-state index in [9.17, 15) is 0 Å². The number of methoxy groups -OCH3 is 1. The van der Waals surface area contributed by atoms with Crippen LogP contribution in [0.5, 0.6) is 17.2 Å². The Morgan fingerprint density at radius 3 is 3.00 bits per heavy atom. The lowest BCUT2D eigenvalue weighted by Gasteiger charge is -2.38. The van der Waals surface area contributed by atoms with Gasteiger partial charge in [-0.15, -0.1) is 0 Å². The second-order valence-corrected chi connectivity index (χ2v) is 5.92. The largest absolute Gasteiger partial charge is 0.493 e. The molecule has 2 atom stereocenters. The molecule has 0 saturated carbocycles. The van der Waals surface area contributed by atoms with Gasteiger partial charge in [0.1, 0.15) is 0 Å². The van der Waals surface area contributed by atoms with Crippen molar-refractivity contribution in [1.29, 1.82) is 0 Å². The Bertz CT molecular complexity index is 505. The first-order valence-electron chi connectivity index (χ1n) is 7.65. The summed E-state index contributed by atoms with van der Waals surface area (Å²) in [5.74, 6) is 2.23. The van der Waals surface area contributed by atoms with E-state index < -0.39 is 0 Å². The maximum atomic E-state index is 6.15. The van der Waals surface area contributed by atoms with Gasteiger partial charge in [-0.1, -0.05) is 6.42 Å². The van der Waals surface area contributed by atoms with Gasteiger partial charge >= 0.3 is 0 Å². The first-order chi connectivity index (χ1) is 10.2. The van der Waals surface area contributed by atoms with E-state index in [0.29, 0.717) is 11.8 Å². The van der Waals surface area contributed by atoms with Crippen LogP contribution in [0, 0.1) is 0 Å². The van der Waals surface area contributed by atoms with Crippen LogP contribution in [0.3, 0.4) is 0 Å². The highest BCUT2D eigenvalue weighted by atomic mass is 16.7. The van der Waals surface area contributed by atoms with Gasteiger partial charge in [0.2, 0.25) is 12.5 Å². The van der Waals surface area contributed by atoms with Crippen LogP contribution in [0.15, 0.2) is 12.1 Å². The number of likely N-dealkylation sites (tertiary alicyclic amines) is 1. The molecule has 1 fully saturated rings. The molecule has 2 aliphatic rings. The molecule has 5 nitrogen and oxygen atoms in total. The molecule has 0 amide bonds. The Morgan fingerprint density at radius 1 is 1.38 bits per heavy atom. The van der Waals surface area contributed by atoms with Crippen LogP contribution in [0.1, 0.15) is 31.7 Å². The third kappa shape index (κ3) is 2.94. The molecule has 0 bridgehead atoms. The van der Waals surface area contributed by atoms with Gasteiger partial charge < -0.3 is 19.9 Å². The SMILES string of the molecule is COc1cc(CN2CCCCC2C(C)N)cc2c1OCO2. The normalized spacial score (nSPS) is 23.1. The van der Waals surface area contributed by atoms with Gasteiger partial charge in [-0.2, -0.15) is 0 Å².